The number of ether oxygens (including phenoxy) is 1. The predicted molar refractivity (Wildman–Crippen MR) is 119 cm³/mol. The number of aryl methyl sites for hydroxylation is 1. The quantitative estimate of drug-likeness (QED) is 0.243. The van der Waals surface area contributed by atoms with Crippen LogP contribution in [0.4, 0.5) is 0 Å². The highest BCUT2D eigenvalue weighted by Gasteiger charge is 2.08. The number of guanidine groups is 1. The van der Waals surface area contributed by atoms with Crippen LogP contribution in [0.25, 0.3) is 11.4 Å². The average Bonchev–Trinajstić information content (AvgIpc) is 3.12. The number of unbranched alkanes of at least 4 members (excludes halogenated alkanes) is 2. The maximum Gasteiger partial charge on any atom is 0.226 e. The van der Waals surface area contributed by atoms with Crippen LogP contribution in [0.1, 0.15) is 39.0 Å². The lowest BCUT2D eigenvalue weighted by molar-refractivity contribution is 0.374. The van der Waals surface area contributed by atoms with Crippen LogP contribution in [0.2, 0.25) is 0 Å². The molecule has 0 unspecified atom stereocenters. The lowest BCUT2D eigenvalue weighted by atomic mass is 10.2. The van der Waals surface area contributed by atoms with E-state index in [0.29, 0.717) is 17.8 Å². The lowest BCUT2D eigenvalue weighted by Crippen LogP contribution is -2.41. The van der Waals surface area contributed by atoms with Gasteiger partial charge in [-0.05, 0) is 51.0 Å². The number of halogens is 1. The smallest absolute Gasteiger partial charge is 0.226 e. The number of methoxy groups -OCH3 is 1. The number of aromatic nitrogens is 2. The Labute approximate surface area is 178 Å². The fourth-order valence-electron chi connectivity index (χ4n) is 2.47. The summed E-state index contributed by atoms with van der Waals surface area (Å²) >= 11 is 0. The van der Waals surface area contributed by atoms with Gasteiger partial charge in [-0.2, -0.15) is 4.98 Å². The minimum absolute atomic E-state index is 0. The summed E-state index contributed by atoms with van der Waals surface area (Å²) in [5, 5.41) is 10.6. The third kappa shape index (κ3) is 8.15. The molecule has 1 aromatic heterocycles. The summed E-state index contributed by atoms with van der Waals surface area (Å²) in [6.45, 7) is 5.09. The molecule has 0 aliphatic carbocycles. The van der Waals surface area contributed by atoms with Gasteiger partial charge in [0.15, 0.2) is 5.96 Å². The molecule has 1 aromatic carbocycles. The molecule has 150 valence electrons. The maximum absolute atomic E-state index is 5.34. The fourth-order valence-corrected chi connectivity index (χ4v) is 2.47. The van der Waals surface area contributed by atoms with Gasteiger partial charge in [0.05, 0.1) is 7.11 Å². The molecule has 0 radical (unpaired) electrons. The highest BCUT2D eigenvalue weighted by atomic mass is 127. The summed E-state index contributed by atoms with van der Waals surface area (Å²) in [4.78, 5) is 8.65. The molecule has 0 saturated carbocycles. The summed E-state index contributed by atoms with van der Waals surface area (Å²) in [7, 11) is 3.43. The standard InChI is InChI=1S/C19H29N5O2.HI/c1-14(2)22-19(20-3)21-13-7-5-6-8-17-23-18(24-26-17)15-9-11-16(25-4)12-10-15;/h9-12,14H,5-8,13H2,1-4H3,(H2,20,21,22);1H. The number of benzene rings is 1. The Morgan fingerprint density at radius 1 is 1.19 bits per heavy atom. The first-order valence-electron chi connectivity index (χ1n) is 9.06. The second-order valence-corrected chi connectivity index (χ2v) is 6.35. The highest BCUT2D eigenvalue weighted by molar-refractivity contribution is 14.0. The van der Waals surface area contributed by atoms with Gasteiger partial charge in [0.1, 0.15) is 5.75 Å². The molecule has 0 bridgehead atoms. The molecular weight excluding hydrogens is 457 g/mol. The van der Waals surface area contributed by atoms with Crippen LogP contribution in [0.5, 0.6) is 5.75 Å². The Hall–Kier alpha value is -1.84. The maximum atomic E-state index is 5.34. The zero-order chi connectivity index (χ0) is 18.8. The monoisotopic (exact) mass is 487 g/mol. The van der Waals surface area contributed by atoms with Crippen molar-refractivity contribution in [2.24, 2.45) is 4.99 Å². The second-order valence-electron chi connectivity index (χ2n) is 6.35. The van der Waals surface area contributed by atoms with Crippen LogP contribution in [0.15, 0.2) is 33.8 Å². The molecule has 0 spiro atoms. The van der Waals surface area contributed by atoms with E-state index in [1.165, 1.54) is 0 Å². The largest absolute Gasteiger partial charge is 0.497 e. The minimum Gasteiger partial charge on any atom is -0.497 e. The van der Waals surface area contributed by atoms with Gasteiger partial charge in [0.25, 0.3) is 0 Å². The fraction of sp³-hybridized carbons (Fsp3) is 0.526. The number of hydrogen-bond donors (Lipinski definition) is 2. The van der Waals surface area contributed by atoms with E-state index < -0.39 is 0 Å². The van der Waals surface area contributed by atoms with E-state index >= 15 is 0 Å². The van der Waals surface area contributed by atoms with Gasteiger partial charge in [-0.15, -0.1) is 24.0 Å². The van der Waals surface area contributed by atoms with Gasteiger partial charge in [-0.1, -0.05) is 11.6 Å². The summed E-state index contributed by atoms with van der Waals surface area (Å²) in [5.41, 5.74) is 0.925. The van der Waals surface area contributed by atoms with Crippen molar-refractivity contribution in [1.29, 1.82) is 0 Å². The van der Waals surface area contributed by atoms with Gasteiger partial charge in [-0.25, -0.2) is 0 Å². The van der Waals surface area contributed by atoms with Crippen LogP contribution in [-0.2, 0) is 6.42 Å². The zero-order valence-electron chi connectivity index (χ0n) is 16.5. The van der Waals surface area contributed by atoms with Gasteiger partial charge < -0.3 is 19.9 Å². The Morgan fingerprint density at radius 3 is 2.56 bits per heavy atom. The third-order valence-corrected chi connectivity index (χ3v) is 3.83. The summed E-state index contributed by atoms with van der Waals surface area (Å²) in [6, 6.07) is 8.01. The van der Waals surface area contributed by atoms with E-state index in [2.05, 4.69) is 39.6 Å². The molecule has 0 aliphatic heterocycles. The van der Waals surface area contributed by atoms with E-state index in [1.54, 1.807) is 14.2 Å². The van der Waals surface area contributed by atoms with Gasteiger partial charge in [-0.3, -0.25) is 4.99 Å². The first kappa shape index (κ1) is 23.2. The first-order chi connectivity index (χ1) is 12.6. The number of aliphatic imine (C=N–C) groups is 1. The van der Waals surface area contributed by atoms with Crippen molar-refractivity contribution >= 4 is 29.9 Å². The van der Waals surface area contributed by atoms with Gasteiger partial charge in [0, 0.05) is 31.6 Å². The molecule has 0 amide bonds. The molecule has 2 N–H and O–H groups in total. The van der Waals surface area contributed by atoms with E-state index in [4.69, 9.17) is 9.26 Å². The molecule has 0 fully saturated rings. The van der Waals surface area contributed by atoms with Crippen LogP contribution in [0.3, 0.4) is 0 Å². The van der Waals surface area contributed by atoms with Crippen molar-refractivity contribution in [3.63, 3.8) is 0 Å². The summed E-state index contributed by atoms with van der Waals surface area (Å²) < 4.78 is 10.5. The normalized spacial score (nSPS) is 11.2. The lowest BCUT2D eigenvalue weighted by Gasteiger charge is -2.14. The van der Waals surface area contributed by atoms with Crippen LogP contribution < -0.4 is 15.4 Å². The Balaban J connectivity index is 0.00000364. The Kier molecular flexibility index (Phi) is 10.8. The van der Waals surface area contributed by atoms with Crippen molar-refractivity contribution in [2.75, 3.05) is 20.7 Å². The van der Waals surface area contributed by atoms with Gasteiger partial charge >= 0.3 is 0 Å². The zero-order valence-corrected chi connectivity index (χ0v) is 18.8. The molecule has 7 nitrogen and oxygen atoms in total. The van der Waals surface area contributed by atoms with Crippen LogP contribution in [-0.4, -0.2) is 42.8 Å². The predicted octanol–water partition coefficient (Wildman–Crippen LogP) is 3.65. The van der Waals surface area contributed by atoms with E-state index in [9.17, 15) is 0 Å². The number of hydrogen-bond acceptors (Lipinski definition) is 5. The van der Waals surface area contributed by atoms with E-state index in [-0.39, 0.29) is 24.0 Å². The summed E-state index contributed by atoms with van der Waals surface area (Å²) in [6.07, 6.45) is 3.97. The highest BCUT2D eigenvalue weighted by Crippen LogP contribution is 2.20. The number of rotatable bonds is 9. The average molecular weight is 487 g/mol. The molecule has 2 rings (SSSR count). The topological polar surface area (TPSA) is 84.6 Å². The van der Waals surface area contributed by atoms with Crippen molar-refractivity contribution in [3.05, 3.63) is 30.2 Å². The van der Waals surface area contributed by atoms with Gasteiger partial charge in [0.2, 0.25) is 11.7 Å². The minimum atomic E-state index is 0. The molecule has 27 heavy (non-hydrogen) atoms. The molecule has 8 heteroatoms. The Morgan fingerprint density at radius 2 is 1.93 bits per heavy atom. The molecule has 2 aromatic rings. The van der Waals surface area contributed by atoms with Crippen molar-refractivity contribution in [1.82, 2.24) is 20.8 Å². The number of nitrogens with one attached hydrogen (secondary N) is 2. The Bertz CT molecular complexity index is 686. The van der Waals surface area contributed by atoms with Crippen LogP contribution >= 0.6 is 24.0 Å². The van der Waals surface area contributed by atoms with Crippen molar-refractivity contribution < 1.29 is 9.26 Å². The van der Waals surface area contributed by atoms with E-state index in [0.717, 1.165) is 49.5 Å². The first-order valence-corrected chi connectivity index (χ1v) is 9.06. The second kappa shape index (κ2) is 12.5. The summed E-state index contributed by atoms with van der Waals surface area (Å²) in [5.74, 6) is 2.96. The molecule has 1 heterocycles. The van der Waals surface area contributed by atoms with E-state index in [1.807, 2.05) is 24.3 Å². The molecule has 0 saturated heterocycles. The van der Waals surface area contributed by atoms with Crippen LogP contribution in [0, 0.1) is 0 Å². The molecule has 0 aliphatic rings. The van der Waals surface area contributed by atoms with Crippen molar-refractivity contribution in [3.8, 4) is 17.1 Å². The molecule has 0 atom stereocenters. The molecular formula is C19H30IN5O2. The third-order valence-electron chi connectivity index (χ3n) is 3.83. The van der Waals surface area contributed by atoms with Crippen molar-refractivity contribution in [2.45, 2.75) is 45.6 Å². The SMILES string of the molecule is CN=C(NCCCCCc1nc(-c2ccc(OC)cc2)no1)NC(C)C.I. The number of nitrogens with zero attached hydrogens (tertiary/aromatic N) is 3.